The number of nitrogens with zero attached hydrogens (tertiary/aromatic N) is 3. The molecule has 150 valence electrons. The van der Waals surface area contributed by atoms with Gasteiger partial charge >= 0.3 is 0 Å². The summed E-state index contributed by atoms with van der Waals surface area (Å²) in [5.41, 5.74) is 1.46. The van der Waals surface area contributed by atoms with Crippen molar-refractivity contribution in [2.24, 2.45) is 4.40 Å². The van der Waals surface area contributed by atoms with Crippen LogP contribution in [0, 0.1) is 11.3 Å². The Morgan fingerprint density at radius 1 is 1.10 bits per heavy atom. The van der Waals surface area contributed by atoms with E-state index in [1.165, 1.54) is 0 Å². The number of amidine groups is 1. The predicted molar refractivity (Wildman–Crippen MR) is 113 cm³/mol. The van der Waals surface area contributed by atoms with E-state index in [-0.39, 0.29) is 5.41 Å². The molecule has 0 aromatic heterocycles. The minimum absolute atomic E-state index is 0.252. The van der Waals surface area contributed by atoms with Crippen LogP contribution in [0.5, 0.6) is 11.5 Å². The Morgan fingerprint density at radius 2 is 1.86 bits per heavy atom. The molecule has 0 radical (unpaired) electrons. The van der Waals surface area contributed by atoms with Crippen LogP contribution in [0.1, 0.15) is 36.8 Å². The molecule has 3 heterocycles. The summed E-state index contributed by atoms with van der Waals surface area (Å²) in [6.45, 7) is 0.671. The van der Waals surface area contributed by atoms with E-state index in [0.29, 0.717) is 35.4 Å². The molecule has 0 atom stereocenters. The molecule has 2 bridgehead atoms. The Bertz CT molecular complexity index is 1000. The number of ether oxygens (including phenoxy) is 1. The van der Waals surface area contributed by atoms with Crippen molar-refractivity contribution in [3.05, 3.63) is 59.7 Å². The van der Waals surface area contributed by atoms with E-state index in [1.54, 1.807) is 18.2 Å². The third kappa shape index (κ3) is 3.18. The smallest absolute Gasteiger partial charge is 0.135 e. The summed E-state index contributed by atoms with van der Waals surface area (Å²) >= 11 is 0. The fraction of sp³-hybridized carbons (Fsp3) is 0.364. The molecule has 2 aromatic rings. The van der Waals surface area contributed by atoms with Crippen LogP contribution in [-0.2, 0) is 5.41 Å². The Morgan fingerprint density at radius 3 is 2.59 bits per heavy atom. The Labute approximate surface area is 171 Å². The second-order valence-electron chi connectivity index (χ2n) is 8.02. The van der Waals surface area contributed by atoms with Gasteiger partial charge in [-0.2, -0.15) is 5.26 Å². The van der Waals surface area contributed by atoms with Crippen LogP contribution in [0.4, 0.5) is 0 Å². The number of hydrogen-bond donors (Lipinski definition) is 2. The number of hydrogen-bond acceptors (Lipinski definition) is 6. The van der Waals surface area contributed by atoms with Crippen molar-refractivity contribution in [1.29, 1.82) is 5.26 Å². The Hall–Kier alpha value is -2.53. The molecular weight excluding hydrogens is 386 g/mol. The standard InChI is InChI=1S/C22H23N3O3S/c23-15-16-2-1-3-20(14-16)28-19-6-4-17(5-7-19)22-10-8-18(9-11-22)25-12-13-29(26,27)24-21(22)25/h1-7,14,18,26-27H,8-13H2. The molecule has 1 aliphatic carbocycles. The third-order valence-corrected chi connectivity index (χ3v) is 7.59. The molecule has 29 heavy (non-hydrogen) atoms. The van der Waals surface area contributed by atoms with Crippen LogP contribution in [-0.4, -0.2) is 38.2 Å². The van der Waals surface area contributed by atoms with Crippen molar-refractivity contribution < 1.29 is 13.8 Å². The van der Waals surface area contributed by atoms with Gasteiger partial charge in [-0.3, -0.25) is 9.11 Å². The van der Waals surface area contributed by atoms with Gasteiger partial charge in [0.05, 0.1) is 22.8 Å². The molecule has 2 N–H and O–H groups in total. The SMILES string of the molecule is N#Cc1cccc(Oc2ccc(C34CCC(CC3)N3CCS(O)(O)N=C34)cc2)c1. The average Bonchev–Trinajstić information content (AvgIpc) is 2.74. The van der Waals surface area contributed by atoms with Crippen LogP contribution in [0.25, 0.3) is 0 Å². The van der Waals surface area contributed by atoms with Gasteiger partial charge in [-0.05, 0) is 61.6 Å². The molecule has 1 saturated carbocycles. The number of rotatable bonds is 3. The van der Waals surface area contributed by atoms with E-state index in [2.05, 4.69) is 27.5 Å². The summed E-state index contributed by atoms with van der Waals surface area (Å²) in [6, 6.07) is 17.7. The summed E-state index contributed by atoms with van der Waals surface area (Å²) in [7, 11) is -2.88. The van der Waals surface area contributed by atoms with Crippen molar-refractivity contribution in [1.82, 2.24) is 4.90 Å². The second kappa shape index (κ2) is 6.77. The zero-order chi connectivity index (χ0) is 20.1. The minimum Gasteiger partial charge on any atom is -0.457 e. The normalized spacial score (nSPS) is 28.1. The van der Waals surface area contributed by atoms with Gasteiger partial charge in [0.25, 0.3) is 0 Å². The highest BCUT2D eigenvalue weighted by Gasteiger charge is 2.52. The van der Waals surface area contributed by atoms with Gasteiger partial charge in [-0.25, -0.2) is 0 Å². The molecule has 6 nitrogen and oxygen atoms in total. The van der Waals surface area contributed by atoms with Gasteiger partial charge in [0.1, 0.15) is 17.3 Å². The zero-order valence-electron chi connectivity index (χ0n) is 16.0. The van der Waals surface area contributed by atoms with Crippen molar-refractivity contribution >= 4 is 16.6 Å². The second-order valence-corrected chi connectivity index (χ2v) is 9.88. The van der Waals surface area contributed by atoms with E-state index in [9.17, 15) is 9.11 Å². The average molecular weight is 410 g/mol. The number of piperidine rings is 2. The van der Waals surface area contributed by atoms with Gasteiger partial charge in [0, 0.05) is 12.6 Å². The van der Waals surface area contributed by atoms with E-state index in [4.69, 9.17) is 10.00 Å². The molecule has 6 rings (SSSR count). The van der Waals surface area contributed by atoms with Crippen molar-refractivity contribution in [3.63, 3.8) is 0 Å². The number of benzene rings is 2. The van der Waals surface area contributed by atoms with E-state index in [1.807, 2.05) is 18.2 Å². The van der Waals surface area contributed by atoms with Gasteiger partial charge in [-0.15, -0.1) is 4.40 Å². The first kappa shape index (κ1) is 18.5. The first-order chi connectivity index (χ1) is 14.0. The quantitative estimate of drug-likeness (QED) is 0.751. The molecule has 7 heteroatoms. The largest absolute Gasteiger partial charge is 0.457 e. The summed E-state index contributed by atoms with van der Waals surface area (Å²) in [5, 5.41) is 9.05. The van der Waals surface area contributed by atoms with Crippen LogP contribution in [0.2, 0.25) is 0 Å². The van der Waals surface area contributed by atoms with Crippen LogP contribution >= 0.6 is 10.8 Å². The Kier molecular flexibility index (Phi) is 4.32. The summed E-state index contributed by atoms with van der Waals surface area (Å²) < 4.78 is 30.8. The van der Waals surface area contributed by atoms with E-state index < -0.39 is 10.8 Å². The summed E-state index contributed by atoms with van der Waals surface area (Å²) in [6.07, 6.45) is 4.18. The highest BCUT2D eigenvalue weighted by atomic mass is 32.3. The maximum Gasteiger partial charge on any atom is 0.135 e. The lowest BCUT2D eigenvalue weighted by atomic mass is 9.63. The first-order valence-corrected chi connectivity index (χ1v) is 11.6. The third-order valence-electron chi connectivity index (χ3n) is 6.39. The molecular formula is C22H23N3O3S. The molecule has 2 aromatic carbocycles. The van der Waals surface area contributed by atoms with Crippen LogP contribution in [0.15, 0.2) is 52.9 Å². The topological polar surface area (TPSA) is 89.1 Å². The van der Waals surface area contributed by atoms with E-state index >= 15 is 0 Å². The molecule has 4 aliphatic rings. The highest BCUT2D eigenvalue weighted by Crippen LogP contribution is 2.54. The maximum absolute atomic E-state index is 10.2. The highest BCUT2D eigenvalue weighted by molar-refractivity contribution is 8.23. The van der Waals surface area contributed by atoms with Crippen LogP contribution in [0.3, 0.4) is 0 Å². The lowest BCUT2D eigenvalue weighted by molar-refractivity contribution is 0.150. The summed E-state index contributed by atoms with van der Waals surface area (Å²) in [4.78, 5) is 2.31. The molecule has 0 spiro atoms. The van der Waals surface area contributed by atoms with E-state index in [0.717, 1.165) is 37.1 Å². The fourth-order valence-electron chi connectivity index (χ4n) is 4.94. The van der Waals surface area contributed by atoms with Crippen molar-refractivity contribution in [2.75, 3.05) is 12.3 Å². The van der Waals surface area contributed by atoms with Gasteiger partial charge in [0.2, 0.25) is 0 Å². The Balaban J connectivity index is 1.46. The lowest BCUT2D eigenvalue weighted by Gasteiger charge is -2.57. The first-order valence-electron chi connectivity index (χ1n) is 9.91. The molecule has 0 unspecified atom stereocenters. The van der Waals surface area contributed by atoms with Gasteiger partial charge < -0.3 is 9.64 Å². The number of nitriles is 1. The summed E-state index contributed by atoms with van der Waals surface area (Å²) in [5.74, 6) is 2.53. The maximum atomic E-state index is 10.2. The van der Waals surface area contributed by atoms with Gasteiger partial charge in [0.15, 0.2) is 0 Å². The van der Waals surface area contributed by atoms with Crippen LogP contribution < -0.4 is 4.74 Å². The lowest BCUT2D eigenvalue weighted by Crippen LogP contribution is -2.62. The monoisotopic (exact) mass is 409 g/mol. The minimum atomic E-state index is -2.88. The molecule has 3 aliphatic heterocycles. The zero-order valence-corrected chi connectivity index (χ0v) is 16.8. The molecule has 2 saturated heterocycles. The molecule has 3 fully saturated rings. The number of fused-ring (bicyclic) bond motifs is 2. The van der Waals surface area contributed by atoms with Crippen molar-refractivity contribution in [2.45, 2.75) is 37.1 Å². The van der Waals surface area contributed by atoms with Gasteiger partial charge in [-0.1, -0.05) is 29.0 Å². The predicted octanol–water partition coefficient (Wildman–Crippen LogP) is 4.92. The molecule has 0 amide bonds. The van der Waals surface area contributed by atoms with Crippen molar-refractivity contribution in [3.8, 4) is 17.6 Å². The fourth-order valence-corrected chi connectivity index (χ4v) is 6.03.